The van der Waals surface area contributed by atoms with Crippen LogP contribution < -0.4 is 10.2 Å². The average Bonchev–Trinajstić information content (AvgIpc) is 2.61. The molecule has 0 radical (unpaired) electrons. The lowest BCUT2D eigenvalue weighted by molar-refractivity contribution is 0.337. The van der Waals surface area contributed by atoms with Crippen molar-refractivity contribution in [2.45, 2.75) is 46.2 Å². The molecule has 0 amide bonds. The third-order valence-corrected chi connectivity index (χ3v) is 4.26. The summed E-state index contributed by atoms with van der Waals surface area (Å²) in [6.07, 6.45) is 2.38. The van der Waals surface area contributed by atoms with Crippen LogP contribution in [-0.2, 0) is 6.54 Å². The van der Waals surface area contributed by atoms with E-state index >= 15 is 0 Å². The van der Waals surface area contributed by atoms with Crippen molar-refractivity contribution >= 4 is 5.82 Å². The van der Waals surface area contributed by atoms with E-state index in [0.717, 1.165) is 37.7 Å². The van der Waals surface area contributed by atoms with Crippen LogP contribution >= 0.6 is 0 Å². The first-order valence-corrected chi connectivity index (χ1v) is 8.24. The zero-order valence-electron chi connectivity index (χ0n) is 14.0. The molecule has 1 fully saturated rings. The van der Waals surface area contributed by atoms with Gasteiger partial charge < -0.3 is 15.1 Å². The Hall–Kier alpha value is -1.13. The lowest BCUT2D eigenvalue weighted by atomic mass is 10.2. The van der Waals surface area contributed by atoms with Crippen molar-refractivity contribution in [2.24, 2.45) is 0 Å². The largest absolute Gasteiger partial charge is 0.353 e. The standard InChI is InChI=1S/C17H30N4/c1-5-9-18-12-16-7-8-17(19-15(16)3)21-11-6-10-20(4)13-14(21)2/h7-8,14,18H,5-6,9-13H2,1-4H3. The van der Waals surface area contributed by atoms with Gasteiger partial charge in [0.15, 0.2) is 0 Å². The molecule has 4 heteroatoms. The minimum Gasteiger partial charge on any atom is -0.353 e. The van der Waals surface area contributed by atoms with Crippen LogP contribution in [0.1, 0.15) is 37.9 Å². The summed E-state index contributed by atoms with van der Waals surface area (Å²) >= 11 is 0. The second-order valence-corrected chi connectivity index (χ2v) is 6.25. The van der Waals surface area contributed by atoms with E-state index in [0.29, 0.717) is 6.04 Å². The van der Waals surface area contributed by atoms with Crippen LogP contribution in [0.25, 0.3) is 0 Å². The first-order chi connectivity index (χ1) is 10.1. The Morgan fingerprint density at radius 3 is 2.86 bits per heavy atom. The van der Waals surface area contributed by atoms with Crippen molar-refractivity contribution in [3.8, 4) is 0 Å². The molecule has 1 saturated heterocycles. The molecule has 1 aromatic rings. The Kier molecular flexibility index (Phi) is 6.00. The van der Waals surface area contributed by atoms with Crippen LogP contribution in [0, 0.1) is 6.92 Å². The lowest BCUT2D eigenvalue weighted by Crippen LogP contribution is -2.38. The van der Waals surface area contributed by atoms with Gasteiger partial charge in [0, 0.05) is 31.4 Å². The number of pyridine rings is 1. The van der Waals surface area contributed by atoms with E-state index < -0.39 is 0 Å². The molecule has 21 heavy (non-hydrogen) atoms. The molecule has 0 spiro atoms. The summed E-state index contributed by atoms with van der Waals surface area (Å²) in [5.74, 6) is 1.13. The van der Waals surface area contributed by atoms with Crippen molar-refractivity contribution in [2.75, 3.05) is 38.1 Å². The summed E-state index contributed by atoms with van der Waals surface area (Å²) in [4.78, 5) is 9.74. The number of hydrogen-bond donors (Lipinski definition) is 1. The molecule has 0 bridgehead atoms. The summed E-state index contributed by atoms with van der Waals surface area (Å²) < 4.78 is 0. The summed E-state index contributed by atoms with van der Waals surface area (Å²) in [7, 11) is 2.21. The van der Waals surface area contributed by atoms with Crippen molar-refractivity contribution in [3.05, 3.63) is 23.4 Å². The van der Waals surface area contributed by atoms with E-state index in [4.69, 9.17) is 4.98 Å². The second kappa shape index (κ2) is 7.76. The minimum absolute atomic E-state index is 0.522. The molecule has 1 aliphatic rings. The van der Waals surface area contributed by atoms with Gasteiger partial charge in [-0.1, -0.05) is 13.0 Å². The van der Waals surface area contributed by atoms with Gasteiger partial charge in [-0.25, -0.2) is 4.98 Å². The number of rotatable bonds is 5. The molecule has 4 nitrogen and oxygen atoms in total. The zero-order chi connectivity index (χ0) is 15.2. The number of aryl methyl sites for hydroxylation is 1. The maximum atomic E-state index is 4.86. The molecule has 1 unspecified atom stereocenters. The molecule has 1 N–H and O–H groups in total. The number of nitrogens with one attached hydrogen (secondary N) is 1. The number of likely N-dealkylation sites (N-methyl/N-ethyl adjacent to an activating group) is 1. The van der Waals surface area contributed by atoms with Crippen LogP contribution in [0.15, 0.2) is 12.1 Å². The van der Waals surface area contributed by atoms with Gasteiger partial charge in [-0.15, -0.1) is 0 Å². The summed E-state index contributed by atoms with van der Waals surface area (Å²) in [6, 6.07) is 4.95. The van der Waals surface area contributed by atoms with Crippen molar-refractivity contribution in [1.29, 1.82) is 0 Å². The third-order valence-electron chi connectivity index (χ3n) is 4.26. The quantitative estimate of drug-likeness (QED) is 0.844. The van der Waals surface area contributed by atoms with Gasteiger partial charge in [0.05, 0.1) is 0 Å². The first-order valence-electron chi connectivity index (χ1n) is 8.24. The van der Waals surface area contributed by atoms with Crippen LogP contribution in [0.2, 0.25) is 0 Å². The van der Waals surface area contributed by atoms with Crippen LogP contribution in [0.4, 0.5) is 5.82 Å². The maximum absolute atomic E-state index is 4.86. The van der Waals surface area contributed by atoms with Gasteiger partial charge in [0.2, 0.25) is 0 Å². The average molecular weight is 290 g/mol. The molecular formula is C17H30N4. The second-order valence-electron chi connectivity index (χ2n) is 6.25. The predicted molar refractivity (Wildman–Crippen MR) is 89.9 cm³/mol. The molecule has 1 atom stereocenters. The van der Waals surface area contributed by atoms with Gasteiger partial charge in [0.25, 0.3) is 0 Å². The topological polar surface area (TPSA) is 31.4 Å². The van der Waals surface area contributed by atoms with Crippen molar-refractivity contribution < 1.29 is 0 Å². The number of aromatic nitrogens is 1. The van der Waals surface area contributed by atoms with Crippen LogP contribution in [0.3, 0.4) is 0 Å². The van der Waals surface area contributed by atoms with Gasteiger partial charge in [-0.05, 0) is 58.5 Å². The van der Waals surface area contributed by atoms with Crippen molar-refractivity contribution in [3.63, 3.8) is 0 Å². The highest BCUT2D eigenvalue weighted by Gasteiger charge is 2.21. The van der Waals surface area contributed by atoms with E-state index in [1.807, 2.05) is 0 Å². The van der Waals surface area contributed by atoms with Crippen LogP contribution in [-0.4, -0.2) is 49.2 Å². The Labute approximate surface area is 129 Å². The monoisotopic (exact) mass is 290 g/mol. The molecular weight excluding hydrogens is 260 g/mol. The minimum atomic E-state index is 0.522. The fourth-order valence-electron chi connectivity index (χ4n) is 3.04. The molecule has 0 aromatic carbocycles. The fraction of sp³-hybridized carbons (Fsp3) is 0.706. The summed E-state index contributed by atoms with van der Waals surface area (Å²) in [5, 5.41) is 3.46. The van der Waals surface area contributed by atoms with Gasteiger partial charge in [-0.3, -0.25) is 0 Å². The van der Waals surface area contributed by atoms with E-state index in [9.17, 15) is 0 Å². The summed E-state index contributed by atoms with van der Waals surface area (Å²) in [5.41, 5.74) is 2.47. The molecule has 118 valence electrons. The fourth-order valence-corrected chi connectivity index (χ4v) is 3.04. The Morgan fingerprint density at radius 1 is 1.33 bits per heavy atom. The first kappa shape index (κ1) is 16.2. The Morgan fingerprint density at radius 2 is 2.14 bits per heavy atom. The SMILES string of the molecule is CCCNCc1ccc(N2CCCN(C)CC2C)nc1C. The smallest absolute Gasteiger partial charge is 0.129 e. The predicted octanol–water partition coefficient (Wildman–Crippen LogP) is 2.42. The number of hydrogen-bond acceptors (Lipinski definition) is 4. The molecule has 0 saturated carbocycles. The number of anilines is 1. The molecule has 1 aliphatic heterocycles. The highest BCUT2D eigenvalue weighted by atomic mass is 15.3. The van der Waals surface area contributed by atoms with E-state index in [-0.39, 0.29) is 0 Å². The Balaban J connectivity index is 2.07. The molecule has 2 rings (SSSR count). The molecule has 2 heterocycles. The van der Waals surface area contributed by atoms with E-state index in [1.165, 1.54) is 24.9 Å². The van der Waals surface area contributed by atoms with Crippen LogP contribution in [0.5, 0.6) is 0 Å². The normalized spacial score (nSPS) is 20.6. The number of nitrogens with zero attached hydrogens (tertiary/aromatic N) is 3. The van der Waals surface area contributed by atoms with E-state index in [1.54, 1.807) is 0 Å². The van der Waals surface area contributed by atoms with Gasteiger partial charge in [-0.2, -0.15) is 0 Å². The highest BCUT2D eigenvalue weighted by molar-refractivity contribution is 5.43. The molecule has 1 aromatic heterocycles. The maximum Gasteiger partial charge on any atom is 0.129 e. The van der Waals surface area contributed by atoms with Gasteiger partial charge >= 0.3 is 0 Å². The third kappa shape index (κ3) is 4.42. The lowest BCUT2D eigenvalue weighted by Gasteiger charge is -2.29. The Bertz CT molecular complexity index is 446. The van der Waals surface area contributed by atoms with Crippen molar-refractivity contribution in [1.82, 2.24) is 15.2 Å². The summed E-state index contributed by atoms with van der Waals surface area (Å²) in [6.45, 7) is 12.0. The van der Waals surface area contributed by atoms with E-state index in [2.05, 4.69) is 55.1 Å². The molecule has 0 aliphatic carbocycles. The zero-order valence-corrected chi connectivity index (χ0v) is 14.0. The highest BCUT2D eigenvalue weighted by Crippen LogP contribution is 2.20. The van der Waals surface area contributed by atoms with Gasteiger partial charge in [0.1, 0.15) is 5.82 Å².